The number of aryl methyl sites for hydroxylation is 1. The molecule has 0 saturated heterocycles. The lowest BCUT2D eigenvalue weighted by molar-refractivity contribution is -0.130. The van der Waals surface area contributed by atoms with Crippen molar-refractivity contribution in [1.82, 2.24) is 25.9 Å². The van der Waals surface area contributed by atoms with Crippen LogP contribution in [0.25, 0.3) is 22.5 Å². The highest BCUT2D eigenvalue weighted by atomic mass is 35.5. The minimum Gasteiger partial charge on any atom is -0.478 e. The molecule has 0 bridgehead atoms. The maximum absolute atomic E-state index is 13.6. The van der Waals surface area contributed by atoms with Crippen LogP contribution in [0.4, 0.5) is 5.69 Å². The monoisotopic (exact) mass is 617 g/mol. The van der Waals surface area contributed by atoms with Crippen LogP contribution in [-0.4, -0.2) is 56.1 Å². The zero-order valence-corrected chi connectivity index (χ0v) is 25.1. The molecule has 230 valence electrons. The number of carboxylic acid groups (broad SMARTS) is 1. The predicted molar refractivity (Wildman–Crippen MR) is 169 cm³/mol. The number of nitrogens with two attached hydrogens (primary N) is 1. The second kappa shape index (κ2) is 14.7. The largest absolute Gasteiger partial charge is 0.478 e. The summed E-state index contributed by atoms with van der Waals surface area (Å²) >= 11 is 0. The van der Waals surface area contributed by atoms with Crippen molar-refractivity contribution in [2.45, 2.75) is 45.1 Å². The van der Waals surface area contributed by atoms with Gasteiger partial charge in [0, 0.05) is 23.6 Å². The number of H-pyrrole nitrogens is 1. The van der Waals surface area contributed by atoms with E-state index in [1.165, 1.54) is 0 Å². The van der Waals surface area contributed by atoms with Gasteiger partial charge in [-0.2, -0.15) is 5.21 Å². The molecule has 1 aliphatic carbocycles. The topological polar surface area (TPSA) is 176 Å². The number of carboxylic acids is 1. The number of amides is 2. The Morgan fingerprint density at radius 2 is 1.66 bits per heavy atom. The lowest BCUT2D eigenvalue weighted by atomic mass is 9.81. The van der Waals surface area contributed by atoms with Crippen molar-refractivity contribution in [3.05, 3.63) is 83.4 Å². The van der Waals surface area contributed by atoms with Gasteiger partial charge >= 0.3 is 5.97 Å². The first-order valence-corrected chi connectivity index (χ1v) is 14.4. The van der Waals surface area contributed by atoms with Crippen LogP contribution in [0.2, 0.25) is 0 Å². The highest BCUT2D eigenvalue weighted by Crippen LogP contribution is 2.29. The van der Waals surface area contributed by atoms with E-state index in [4.69, 9.17) is 5.73 Å². The van der Waals surface area contributed by atoms with Crippen molar-refractivity contribution in [2.24, 2.45) is 17.6 Å². The Balaban J connectivity index is 0.00000442. The molecular formula is C32H36ClN7O4. The van der Waals surface area contributed by atoms with Gasteiger partial charge in [-0.25, -0.2) is 4.79 Å². The molecule has 12 heteroatoms. The number of aromatic nitrogens is 4. The third-order valence-corrected chi connectivity index (χ3v) is 8.11. The fourth-order valence-corrected chi connectivity index (χ4v) is 5.58. The van der Waals surface area contributed by atoms with Crippen LogP contribution >= 0.6 is 12.4 Å². The molecule has 1 heterocycles. The first-order valence-electron chi connectivity index (χ1n) is 14.4. The van der Waals surface area contributed by atoms with Gasteiger partial charge < -0.3 is 21.5 Å². The van der Waals surface area contributed by atoms with Gasteiger partial charge in [0.05, 0.1) is 5.56 Å². The number of hydrogen-bond donors (Lipinski definition) is 5. The van der Waals surface area contributed by atoms with E-state index in [1.54, 1.807) is 48.5 Å². The predicted octanol–water partition coefficient (Wildman–Crippen LogP) is 4.39. The molecule has 4 aromatic rings. The van der Waals surface area contributed by atoms with Crippen LogP contribution in [0.1, 0.15) is 47.2 Å². The number of carbonyl (C=O) groups excluding carboxylic acids is 2. The second-order valence-corrected chi connectivity index (χ2v) is 11.1. The van der Waals surface area contributed by atoms with Crippen molar-refractivity contribution in [2.75, 3.05) is 11.9 Å². The van der Waals surface area contributed by atoms with Crippen LogP contribution in [-0.2, 0) is 16.0 Å². The number of hydrogen-bond acceptors (Lipinski definition) is 7. The number of aromatic carboxylic acids is 1. The smallest absolute Gasteiger partial charge is 0.335 e. The molecule has 6 N–H and O–H groups in total. The normalized spacial score (nSPS) is 16.8. The number of rotatable bonds is 10. The Labute approximate surface area is 261 Å². The molecule has 44 heavy (non-hydrogen) atoms. The zero-order chi connectivity index (χ0) is 30.3. The summed E-state index contributed by atoms with van der Waals surface area (Å²) in [5.74, 6) is -0.660. The Hall–Kier alpha value is -4.61. The van der Waals surface area contributed by atoms with Gasteiger partial charge in [-0.05, 0) is 109 Å². The van der Waals surface area contributed by atoms with Gasteiger partial charge in [0.25, 0.3) is 0 Å². The number of anilines is 1. The van der Waals surface area contributed by atoms with E-state index in [9.17, 15) is 19.5 Å². The average Bonchev–Trinajstić information content (AvgIpc) is 3.56. The summed E-state index contributed by atoms with van der Waals surface area (Å²) < 4.78 is 0. The number of nitrogens with zero attached hydrogens (tertiary/aromatic N) is 3. The maximum atomic E-state index is 13.6. The lowest BCUT2D eigenvalue weighted by Crippen LogP contribution is -2.48. The number of nitrogens with one attached hydrogen (secondary N) is 3. The van der Waals surface area contributed by atoms with Crippen LogP contribution in [0.3, 0.4) is 0 Å². The molecule has 1 fully saturated rings. The van der Waals surface area contributed by atoms with Crippen LogP contribution in [0.15, 0.2) is 66.7 Å². The van der Waals surface area contributed by atoms with E-state index < -0.39 is 12.0 Å². The molecule has 1 atom stereocenters. The summed E-state index contributed by atoms with van der Waals surface area (Å²) in [7, 11) is 0. The summed E-state index contributed by atoms with van der Waals surface area (Å²) in [5.41, 5.74) is 11.1. The molecule has 1 saturated carbocycles. The quantitative estimate of drug-likeness (QED) is 0.174. The van der Waals surface area contributed by atoms with E-state index in [1.807, 2.05) is 25.1 Å². The van der Waals surface area contributed by atoms with Crippen LogP contribution in [0.5, 0.6) is 0 Å². The second-order valence-electron chi connectivity index (χ2n) is 11.1. The van der Waals surface area contributed by atoms with Crippen LogP contribution < -0.4 is 16.4 Å². The third kappa shape index (κ3) is 7.86. The minimum atomic E-state index is -0.972. The molecule has 0 radical (unpaired) electrons. The number of benzene rings is 3. The molecule has 0 aliphatic heterocycles. The SMILES string of the molecule is Cc1cc(C[C@H](NC(=O)C2CCC(CN)CC2)C(=O)Nc2ccc(-c3nn[nH]n3)cc2)ccc1-c1ccc(C(=O)O)cc1.Cl. The number of tetrazole rings is 1. The van der Waals surface area contributed by atoms with Crippen molar-refractivity contribution >= 4 is 35.9 Å². The molecule has 5 rings (SSSR count). The summed E-state index contributed by atoms with van der Waals surface area (Å²) in [5, 5.41) is 29.1. The summed E-state index contributed by atoms with van der Waals surface area (Å²) in [6.45, 7) is 2.60. The molecule has 3 aromatic carbocycles. The standard InChI is InChI=1S/C32H35N7O4.ClH/c1-19-16-21(4-15-27(19)22-7-9-25(10-8-22)32(42)43)17-28(35-30(40)24-5-2-20(18-33)3-6-24)31(41)34-26-13-11-23(12-14-26)29-36-38-39-37-29;/h4,7-16,20,24,28H,2-3,5-6,17-18,33H2,1H3,(H,34,41)(H,35,40)(H,42,43)(H,36,37,38,39);1H/t20?,24?,28-;/m0./s1. The number of carbonyl (C=O) groups is 3. The van der Waals surface area contributed by atoms with E-state index >= 15 is 0 Å². The Morgan fingerprint density at radius 3 is 2.25 bits per heavy atom. The molecule has 0 unspecified atom stereocenters. The molecule has 2 amide bonds. The molecule has 1 aromatic heterocycles. The molecule has 11 nitrogen and oxygen atoms in total. The van der Waals surface area contributed by atoms with Crippen molar-refractivity contribution in [3.8, 4) is 22.5 Å². The average molecular weight is 618 g/mol. The Morgan fingerprint density at radius 1 is 0.977 bits per heavy atom. The first-order chi connectivity index (χ1) is 20.8. The van der Waals surface area contributed by atoms with Crippen LogP contribution in [0, 0.1) is 18.8 Å². The summed E-state index contributed by atoms with van der Waals surface area (Å²) in [6.07, 6.45) is 3.64. The van der Waals surface area contributed by atoms with Gasteiger partial charge in [-0.3, -0.25) is 9.59 Å². The Kier molecular flexibility index (Phi) is 10.8. The van der Waals surface area contributed by atoms with E-state index in [-0.39, 0.29) is 35.7 Å². The lowest BCUT2D eigenvalue weighted by Gasteiger charge is -2.28. The van der Waals surface area contributed by atoms with E-state index in [0.29, 0.717) is 30.4 Å². The number of halogens is 1. The maximum Gasteiger partial charge on any atom is 0.335 e. The first kappa shape index (κ1) is 32.3. The fourth-order valence-electron chi connectivity index (χ4n) is 5.58. The van der Waals surface area contributed by atoms with Gasteiger partial charge in [0.15, 0.2) is 0 Å². The van der Waals surface area contributed by atoms with E-state index in [0.717, 1.165) is 53.5 Å². The van der Waals surface area contributed by atoms with Gasteiger partial charge in [-0.15, -0.1) is 22.6 Å². The van der Waals surface area contributed by atoms with Gasteiger partial charge in [0.2, 0.25) is 17.6 Å². The fraction of sp³-hybridized carbons (Fsp3) is 0.312. The highest BCUT2D eigenvalue weighted by molar-refractivity contribution is 5.98. The highest BCUT2D eigenvalue weighted by Gasteiger charge is 2.29. The van der Waals surface area contributed by atoms with E-state index in [2.05, 4.69) is 31.3 Å². The molecule has 0 spiro atoms. The zero-order valence-electron chi connectivity index (χ0n) is 24.3. The molecular weight excluding hydrogens is 582 g/mol. The van der Waals surface area contributed by atoms with Crippen molar-refractivity contribution in [1.29, 1.82) is 0 Å². The van der Waals surface area contributed by atoms with Crippen molar-refractivity contribution < 1.29 is 19.5 Å². The summed E-state index contributed by atoms with van der Waals surface area (Å²) in [6, 6.07) is 18.9. The minimum absolute atomic E-state index is 0. The van der Waals surface area contributed by atoms with Crippen molar-refractivity contribution in [3.63, 3.8) is 0 Å². The van der Waals surface area contributed by atoms with Gasteiger partial charge in [0.1, 0.15) is 6.04 Å². The summed E-state index contributed by atoms with van der Waals surface area (Å²) in [4.78, 5) is 38.1. The Bertz CT molecular complexity index is 1570. The number of aromatic amines is 1. The third-order valence-electron chi connectivity index (χ3n) is 8.11. The van der Waals surface area contributed by atoms with Gasteiger partial charge in [-0.1, -0.05) is 30.3 Å². The molecule has 1 aliphatic rings.